The Hall–Kier alpha value is -3.91. The minimum atomic E-state index is -1.61. The van der Waals surface area contributed by atoms with Crippen molar-refractivity contribution in [3.8, 4) is 0 Å². The first-order valence-electron chi connectivity index (χ1n) is 10.8. The smallest absolute Gasteiger partial charge is 0.326 e. The highest BCUT2D eigenvalue weighted by Gasteiger charge is 2.31. The normalized spacial score (nSPS) is 14.1. The fourth-order valence-electron chi connectivity index (χ4n) is 3.18. The molecule has 1 aromatic carbocycles. The van der Waals surface area contributed by atoms with Gasteiger partial charge in [-0.1, -0.05) is 30.3 Å². The van der Waals surface area contributed by atoms with Crippen LogP contribution in [0.1, 0.15) is 17.7 Å². The van der Waals surface area contributed by atoms with Crippen molar-refractivity contribution in [3.63, 3.8) is 0 Å². The molecule has 2 aromatic rings. The molecule has 2 rings (SSSR count). The summed E-state index contributed by atoms with van der Waals surface area (Å²) >= 11 is 4.04. The van der Waals surface area contributed by atoms with Crippen LogP contribution in [0.25, 0.3) is 0 Å². The molecule has 14 heteroatoms. The number of amides is 3. The van der Waals surface area contributed by atoms with E-state index in [0.717, 1.165) is 0 Å². The number of benzene rings is 1. The van der Waals surface area contributed by atoms with Gasteiger partial charge in [0.15, 0.2) is 0 Å². The maximum absolute atomic E-state index is 12.8. The van der Waals surface area contributed by atoms with E-state index in [1.807, 2.05) is 0 Å². The van der Waals surface area contributed by atoms with Gasteiger partial charge in [-0.15, -0.1) is 0 Å². The van der Waals surface area contributed by atoms with Crippen molar-refractivity contribution >= 4 is 42.3 Å². The van der Waals surface area contributed by atoms with E-state index >= 15 is 0 Å². The van der Waals surface area contributed by atoms with E-state index in [1.54, 1.807) is 30.3 Å². The Labute approximate surface area is 211 Å². The number of carboxylic acid groups (broad SMARTS) is 2. The number of rotatable bonds is 14. The number of nitrogens with zero attached hydrogens (tertiary/aromatic N) is 1. The molecular formula is C22H28N6O7S. The van der Waals surface area contributed by atoms with Crippen LogP contribution >= 0.6 is 12.6 Å². The number of hydrogen-bond donors (Lipinski definition) is 8. The first-order valence-corrected chi connectivity index (χ1v) is 11.5. The van der Waals surface area contributed by atoms with Crippen molar-refractivity contribution in [2.75, 3.05) is 5.75 Å². The highest BCUT2D eigenvalue weighted by Crippen LogP contribution is 2.05. The third-order valence-corrected chi connectivity index (χ3v) is 5.42. The average Bonchev–Trinajstić information content (AvgIpc) is 3.34. The number of carboxylic acids is 2. The summed E-state index contributed by atoms with van der Waals surface area (Å²) in [4.78, 5) is 67.5. The molecule has 0 saturated heterocycles. The van der Waals surface area contributed by atoms with E-state index in [9.17, 15) is 34.2 Å². The number of nitrogens with two attached hydrogens (primary N) is 1. The second kappa shape index (κ2) is 13.8. The molecule has 3 amide bonds. The SMILES string of the molecule is NC(Cc1cnc[nH]1)C(=O)NC(CS)C(=O)NC(CC(=O)O)C(=O)NC(Cc1ccccc1)C(=O)O. The second-order valence-corrected chi connectivity index (χ2v) is 8.24. The largest absolute Gasteiger partial charge is 0.481 e. The summed E-state index contributed by atoms with van der Waals surface area (Å²) in [7, 11) is 0. The van der Waals surface area contributed by atoms with E-state index in [2.05, 4.69) is 38.5 Å². The van der Waals surface area contributed by atoms with Crippen LogP contribution in [0.4, 0.5) is 0 Å². The first kappa shape index (κ1) is 28.3. The Bertz CT molecular complexity index is 1050. The summed E-state index contributed by atoms with van der Waals surface area (Å²) in [5.74, 6) is -5.48. The van der Waals surface area contributed by atoms with Crippen LogP contribution < -0.4 is 21.7 Å². The van der Waals surface area contributed by atoms with Crippen molar-refractivity contribution in [2.24, 2.45) is 5.73 Å². The second-order valence-electron chi connectivity index (χ2n) is 7.88. The molecule has 0 saturated carbocycles. The molecule has 0 fully saturated rings. The van der Waals surface area contributed by atoms with E-state index < -0.39 is 60.2 Å². The number of thiol groups is 1. The third-order valence-electron chi connectivity index (χ3n) is 5.06. The van der Waals surface area contributed by atoms with E-state index in [4.69, 9.17) is 5.73 Å². The van der Waals surface area contributed by atoms with Gasteiger partial charge in [-0.25, -0.2) is 9.78 Å². The quantitative estimate of drug-likeness (QED) is 0.135. The predicted octanol–water partition coefficient (Wildman–Crippen LogP) is -1.53. The Morgan fingerprint density at radius 2 is 1.53 bits per heavy atom. The highest BCUT2D eigenvalue weighted by molar-refractivity contribution is 7.80. The molecule has 13 nitrogen and oxygen atoms in total. The van der Waals surface area contributed by atoms with Gasteiger partial charge < -0.3 is 36.9 Å². The molecule has 0 aliphatic rings. The fourth-order valence-corrected chi connectivity index (χ4v) is 3.43. The van der Waals surface area contributed by atoms with E-state index in [0.29, 0.717) is 11.3 Å². The van der Waals surface area contributed by atoms with Gasteiger partial charge in [-0.05, 0) is 5.56 Å². The zero-order valence-corrected chi connectivity index (χ0v) is 20.0. The fraction of sp³-hybridized carbons (Fsp3) is 0.364. The number of imidazole rings is 1. The van der Waals surface area contributed by atoms with Crippen molar-refractivity contribution in [1.82, 2.24) is 25.9 Å². The molecule has 0 radical (unpaired) electrons. The Balaban J connectivity index is 2.04. The number of aromatic nitrogens is 2. The van der Waals surface area contributed by atoms with Crippen molar-refractivity contribution < 1.29 is 34.2 Å². The van der Waals surface area contributed by atoms with Gasteiger partial charge in [0.05, 0.1) is 18.8 Å². The maximum atomic E-state index is 12.8. The lowest BCUT2D eigenvalue weighted by Gasteiger charge is -2.24. The van der Waals surface area contributed by atoms with E-state index in [-0.39, 0.29) is 18.6 Å². The summed E-state index contributed by atoms with van der Waals surface area (Å²) in [6, 6.07) is 3.28. The van der Waals surface area contributed by atoms with Crippen LogP contribution in [0.2, 0.25) is 0 Å². The van der Waals surface area contributed by atoms with Gasteiger partial charge in [0.1, 0.15) is 18.1 Å². The van der Waals surface area contributed by atoms with Crippen LogP contribution in [0, 0.1) is 0 Å². The molecule has 36 heavy (non-hydrogen) atoms. The topological polar surface area (TPSA) is 217 Å². The summed E-state index contributed by atoms with van der Waals surface area (Å²) in [5, 5.41) is 25.6. The highest BCUT2D eigenvalue weighted by atomic mass is 32.1. The van der Waals surface area contributed by atoms with Gasteiger partial charge in [-0.2, -0.15) is 12.6 Å². The van der Waals surface area contributed by atoms with Crippen molar-refractivity contribution in [2.45, 2.75) is 43.4 Å². The number of nitrogens with one attached hydrogen (secondary N) is 4. The van der Waals surface area contributed by atoms with Crippen LogP contribution in [0.5, 0.6) is 0 Å². The van der Waals surface area contributed by atoms with Crippen molar-refractivity contribution in [1.29, 1.82) is 0 Å². The minimum Gasteiger partial charge on any atom is -0.481 e. The Morgan fingerprint density at radius 1 is 0.917 bits per heavy atom. The molecule has 0 aliphatic heterocycles. The van der Waals surface area contributed by atoms with Crippen LogP contribution in [0.15, 0.2) is 42.9 Å². The van der Waals surface area contributed by atoms with Crippen LogP contribution in [-0.4, -0.2) is 79.8 Å². The molecule has 0 spiro atoms. The number of carbonyl (C=O) groups excluding carboxylic acids is 3. The van der Waals surface area contributed by atoms with Gasteiger partial charge in [0, 0.05) is 30.5 Å². The molecule has 8 N–H and O–H groups in total. The summed E-state index contributed by atoms with van der Waals surface area (Å²) in [5.41, 5.74) is 7.10. The van der Waals surface area contributed by atoms with Crippen LogP contribution in [-0.2, 0) is 36.8 Å². The minimum absolute atomic E-state index is 0.0564. The number of aromatic amines is 1. The lowest BCUT2D eigenvalue weighted by Crippen LogP contribution is -2.58. The zero-order valence-electron chi connectivity index (χ0n) is 19.1. The number of aliphatic carboxylic acids is 2. The molecule has 194 valence electrons. The molecule has 0 bridgehead atoms. The maximum Gasteiger partial charge on any atom is 0.326 e. The van der Waals surface area contributed by atoms with Gasteiger partial charge in [0.25, 0.3) is 0 Å². The Kier molecular flexibility index (Phi) is 10.9. The third kappa shape index (κ3) is 9.03. The predicted molar refractivity (Wildman–Crippen MR) is 130 cm³/mol. The average molecular weight is 521 g/mol. The standard InChI is InChI=1S/C22H28N6O7S/c23-14(7-13-9-24-11-25-13)19(31)28-17(10-36)21(33)26-15(8-18(29)30)20(32)27-16(22(34)35)6-12-4-2-1-3-5-12/h1-5,9,11,14-17,36H,6-8,10,23H2,(H,24,25)(H,26,33)(H,27,32)(H,28,31)(H,29,30)(H,34,35). The van der Waals surface area contributed by atoms with Crippen LogP contribution in [0.3, 0.4) is 0 Å². The lowest BCUT2D eigenvalue weighted by atomic mass is 10.0. The lowest BCUT2D eigenvalue weighted by molar-refractivity contribution is -0.143. The van der Waals surface area contributed by atoms with E-state index in [1.165, 1.54) is 12.5 Å². The molecular weight excluding hydrogens is 492 g/mol. The number of carbonyl (C=O) groups is 5. The number of hydrogen-bond acceptors (Lipinski definition) is 8. The summed E-state index contributed by atoms with van der Waals surface area (Å²) in [6.45, 7) is 0. The molecule has 4 atom stereocenters. The molecule has 1 aromatic heterocycles. The Morgan fingerprint density at radius 3 is 2.08 bits per heavy atom. The summed E-state index contributed by atoms with van der Waals surface area (Å²) < 4.78 is 0. The molecule has 0 aliphatic carbocycles. The van der Waals surface area contributed by atoms with Crippen molar-refractivity contribution in [3.05, 3.63) is 54.1 Å². The molecule has 4 unspecified atom stereocenters. The number of H-pyrrole nitrogens is 1. The summed E-state index contributed by atoms with van der Waals surface area (Å²) in [6.07, 6.45) is 2.16. The van der Waals surface area contributed by atoms with Gasteiger partial charge >= 0.3 is 11.9 Å². The van der Waals surface area contributed by atoms with Gasteiger partial charge in [0.2, 0.25) is 17.7 Å². The van der Waals surface area contributed by atoms with Gasteiger partial charge in [-0.3, -0.25) is 19.2 Å². The first-order chi connectivity index (χ1) is 17.1. The zero-order chi connectivity index (χ0) is 26.7. The molecule has 1 heterocycles. The monoisotopic (exact) mass is 520 g/mol.